The van der Waals surface area contributed by atoms with Crippen LogP contribution in [0.15, 0.2) is 48.5 Å². The van der Waals surface area contributed by atoms with Crippen molar-refractivity contribution in [2.75, 3.05) is 19.6 Å². The minimum absolute atomic E-state index is 0.0808. The molecule has 3 rings (SSSR count). The van der Waals surface area contributed by atoms with E-state index in [0.29, 0.717) is 29.0 Å². The van der Waals surface area contributed by atoms with E-state index in [1.54, 1.807) is 18.2 Å². The van der Waals surface area contributed by atoms with Gasteiger partial charge >= 0.3 is 12.5 Å². The molecule has 0 aliphatic rings. The van der Waals surface area contributed by atoms with Crippen molar-refractivity contribution in [1.82, 2.24) is 15.2 Å². The molecule has 0 aliphatic heterocycles. The molecule has 2 aromatic carbocycles. The molecule has 0 spiro atoms. The summed E-state index contributed by atoms with van der Waals surface area (Å²) < 4.78 is 82.5. The van der Waals surface area contributed by atoms with Gasteiger partial charge in [-0.25, -0.2) is 4.98 Å². The molecule has 0 saturated carbocycles. The van der Waals surface area contributed by atoms with Crippen LogP contribution in [0.1, 0.15) is 40.3 Å². The normalized spacial score (nSPS) is 12.1. The first-order valence-electron chi connectivity index (χ1n) is 11.4. The zero-order valence-corrected chi connectivity index (χ0v) is 20.9. The lowest BCUT2D eigenvalue weighted by molar-refractivity contribution is -0.274. The quantitative estimate of drug-likeness (QED) is 0.294. The van der Waals surface area contributed by atoms with Gasteiger partial charge in [-0.05, 0) is 42.8 Å². The number of amides is 1. The van der Waals surface area contributed by atoms with Crippen molar-refractivity contribution in [1.29, 1.82) is 0 Å². The van der Waals surface area contributed by atoms with Gasteiger partial charge in [0, 0.05) is 18.7 Å². The minimum atomic E-state index is -4.85. The Bertz CT molecular complexity index is 1210. The lowest BCUT2D eigenvalue weighted by atomic mass is 10.1. The fourth-order valence-electron chi connectivity index (χ4n) is 3.64. The molecular formula is C25H25F6N3O2S. The van der Waals surface area contributed by atoms with Gasteiger partial charge in [0.1, 0.15) is 15.6 Å². The molecule has 0 saturated heterocycles. The highest BCUT2D eigenvalue weighted by Crippen LogP contribution is 2.38. The number of carbonyl (C=O) groups is 1. The number of hydrogen-bond acceptors (Lipinski definition) is 5. The van der Waals surface area contributed by atoms with Gasteiger partial charge in [-0.2, -0.15) is 13.2 Å². The molecule has 200 valence electrons. The Morgan fingerprint density at radius 3 is 2.38 bits per heavy atom. The first-order valence-corrected chi connectivity index (χ1v) is 12.2. The number of hydrogen-bond donors (Lipinski definition) is 1. The van der Waals surface area contributed by atoms with Crippen LogP contribution in [-0.4, -0.2) is 41.8 Å². The standard InChI is InChI=1S/C25H25F6N3O2S/c1-3-34(4-2)15-17-9-5-6-11-19(17)23-33-21(24(26,27)28)20(37-23)22(35)32-13-12-16-8-7-10-18(14-16)36-25(29,30)31/h5-11,14H,3-4,12-13,15H2,1-2H3,(H,32,35). The van der Waals surface area contributed by atoms with Crippen molar-refractivity contribution in [3.63, 3.8) is 0 Å². The second-order valence-corrected chi connectivity index (χ2v) is 9.01. The van der Waals surface area contributed by atoms with Crippen LogP contribution in [0.2, 0.25) is 0 Å². The topological polar surface area (TPSA) is 54.5 Å². The monoisotopic (exact) mass is 545 g/mol. The second-order valence-electron chi connectivity index (χ2n) is 8.01. The number of alkyl halides is 6. The molecule has 1 N–H and O–H groups in total. The van der Waals surface area contributed by atoms with E-state index in [1.165, 1.54) is 12.1 Å². The van der Waals surface area contributed by atoms with Crippen LogP contribution in [-0.2, 0) is 19.1 Å². The van der Waals surface area contributed by atoms with E-state index in [4.69, 9.17) is 0 Å². The van der Waals surface area contributed by atoms with Crippen LogP contribution >= 0.6 is 11.3 Å². The van der Waals surface area contributed by atoms with E-state index >= 15 is 0 Å². The number of thiazole rings is 1. The zero-order valence-electron chi connectivity index (χ0n) is 20.0. The summed E-state index contributed by atoms with van der Waals surface area (Å²) in [6.45, 7) is 5.91. The van der Waals surface area contributed by atoms with Crippen molar-refractivity contribution in [2.24, 2.45) is 0 Å². The maximum atomic E-state index is 13.8. The van der Waals surface area contributed by atoms with Crippen LogP contribution in [0.3, 0.4) is 0 Å². The molecule has 0 unspecified atom stereocenters. The Morgan fingerprint density at radius 2 is 1.73 bits per heavy atom. The minimum Gasteiger partial charge on any atom is -0.406 e. The van der Waals surface area contributed by atoms with Gasteiger partial charge in [0.15, 0.2) is 5.69 Å². The van der Waals surface area contributed by atoms with Crippen molar-refractivity contribution >= 4 is 17.2 Å². The van der Waals surface area contributed by atoms with Gasteiger partial charge < -0.3 is 10.1 Å². The fraction of sp³-hybridized carbons (Fsp3) is 0.360. The molecule has 1 heterocycles. The van der Waals surface area contributed by atoms with Crippen molar-refractivity contribution < 1.29 is 35.9 Å². The molecule has 12 heteroatoms. The number of aromatic nitrogens is 1. The average molecular weight is 546 g/mol. The molecule has 0 fully saturated rings. The van der Waals surface area contributed by atoms with Crippen molar-refractivity contribution in [3.8, 4) is 16.3 Å². The highest BCUT2D eigenvalue weighted by molar-refractivity contribution is 7.17. The van der Waals surface area contributed by atoms with E-state index in [-0.39, 0.29) is 18.0 Å². The molecule has 0 atom stereocenters. The maximum absolute atomic E-state index is 13.8. The smallest absolute Gasteiger partial charge is 0.406 e. The summed E-state index contributed by atoms with van der Waals surface area (Å²) in [5, 5.41) is 2.50. The summed E-state index contributed by atoms with van der Waals surface area (Å²) in [6, 6.07) is 12.1. The Morgan fingerprint density at radius 1 is 1.03 bits per heavy atom. The lowest BCUT2D eigenvalue weighted by Crippen LogP contribution is -2.27. The van der Waals surface area contributed by atoms with Gasteiger partial charge in [0.05, 0.1) is 0 Å². The predicted octanol–water partition coefficient (Wildman–Crippen LogP) is 6.54. The van der Waals surface area contributed by atoms with Crippen LogP contribution in [0.4, 0.5) is 26.3 Å². The molecule has 1 amide bonds. The Hall–Kier alpha value is -3.12. The van der Waals surface area contributed by atoms with Crippen LogP contribution in [0.25, 0.3) is 10.6 Å². The Kier molecular flexibility index (Phi) is 9.19. The number of nitrogens with zero attached hydrogens (tertiary/aromatic N) is 2. The van der Waals surface area contributed by atoms with Gasteiger partial charge in [0.25, 0.3) is 5.91 Å². The molecular weight excluding hydrogens is 520 g/mol. The first-order chi connectivity index (χ1) is 17.4. The highest BCUT2D eigenvalue weighted by atomic mass is 32.1. The third-order valence-corrected chi connectivity index (χ3v) is 6.56. The molecule has 5 nitrogen and oxygen atoms in total. The van der Waals surface area contributed by atoms with Crippen LogP contribution in [0.5, 0.6) is 5.75 Å². The van der Waals surface area contributed by atoms with Gasteiger partial charge in [-0.1, -0.05) is 50.2 Å². The molecule has 1 aromatic heterocycles. The number of benzene rings is 2. The van der Waals surface area contributed by atoms with Crippen molar-refractivity contribution in [2.45, 2.75) is 39.4 Å². The van der Waals surface area contributed by atoms with E-state index in [9.17, 15) is 31.1 Å². The largest absolute Gasteiger partial charge is 0.573 e. The van der Waals surface area contributed by atoms with E-state index in [1.807, 2.05) is 19.9 Å². The summed E-state index contributed by atoms with van der Waals surface area (Å²) in [5.41, 5.74) is 0.448. The summed E-state index contributed by atoms with van der Waals surface area (Å²) >= 11 is 0.652. The number of halogens is 6. The lowest BCUT2D eigenvalue weighted by Gasteiger charge is -2.19. The summed E-state index contributed by atoms with van der Waals surface area (Å²) in [7, 11) is 0. The average Bonchev–Trinajstić information content (AvgIpc) is 3.28. The van der Waals surface area contributed by atoms with Gasteiger partial charge in [-0.3, -0.25) is 9.69 Å². The van der Waals surface area contributed by atoms with Crippen LogP contribution < -0.4 is 10.1 Å². The Balaban J connectivity index is 1.79. The number of nitrogens with one attached hydrogen (secondary N) is 1. The Labute approximate surface area is 214 Å². The number of rotatable bonds is 10. The SMILES string of the molecule is CCN(CC)Cc1ccccc1-c1nc(C(F)(F)F)c(C(=O)NCCc2cccc(OC(F)(F)F)c2)s1. The summed E-state index contributed by atoms with van der Waals surface area (Å²) in [4.78, 5) is 18.1. The first kappa shape index (κ1) is 28.5. The molecule has 0 aliphatic carbocycles. The predicted molar refractivity (Wildman–Crippen MR) is 128 cm³/mol. The second kappa shape index (κ2) is 12.0. The molecule has 0 radical (unpaired) electrons. The fourth-order valence-corrected chi connectivity index (χ4v) is 4.70. The van der Waals surface area contributed by atoms with Crippen molar-refractivity contribution in [3.05, 3.63) is 70.2 Å². The number of ether oxygens (including phenoxy) is 1. The molecule has 37 heavy (non-hydrogen) atoms. The summed E-state index contributed by atoms with van der Waals surface area (Å²) in [6.07, 6.45) is -9.62. The number of carbonyl (C=O) groups excluding carboxylic acids is 1. The summed E-state index contributed by atoms with van der Waals surface area (Å²) in [5.74, 6) is -1.38. The maximum Gasteiger partial charge on any atom is 0.573 e. The highest BCUT2D eigenvalue weighted by Gasteiger charge is 2.40. The molecule has 0 bridgehead atoms. The van der Waals surface area contributed by atoms with E-state index < -0.39 is 34.8 Å². The van der Waals surface area contributed by atoms with E-state index in [0.717, 1.165) is 30.8 Å². The van der Waals surface area contributed by atoms with E-state index in [2.05, 4.69) is 19.9 Å². The third kappa shape index (κ3) is 7.93. The third-order valence-electron chi connectivity index (χ3n) is 5.47. The zero-order chi connectivity index (χ0) is 27.2. The van der Waals surface area contributed by atoms with Gasteiger partial charge in [0.2, 0.25) is 0 Å². The van der Waals surface area contributed by atoms with Crippen LogP contribution in [0, 0.1) is 0 Å². The molecule has 3 aromatic rings. The van der Waals surface area contributed by atoms with Gasteiger partial charge in [-0.15, -0.1) is 24.5 Å².